The fourth-order valence-corrected chi connectivity index (χ4v) is 19.4. The predicted molar refractivity (Wildman–Crippen MR) is 543 cm³/mol. The molecule has 10 amide bonds. The Balaban J connectivity index is 0.000000147. The molecule has 1 unspecified atom stereocenters. The van der Waals surface area contributed by atoms with E-state index in [4.69, 9.17) is 9.72 Å². The summed E-state index contributed by atoms with van der Waals surface area (Å²) < 4.78 is 15.9. The number of pyridine rings is 1. The first-order valence-corrected chi connectivity index (χ1v) is 48.7. The molecule has 11 aromatic rings. The average molecular weight is 2060 g/mol. The van der Waals surface area contributed by atoms with Crippen molar-refractivity contribution in [3.63, 3.8) is 0 Å². The monoisotopic (exact) mass is 2060 g/mol. The van der Waals surface area contributed by atoms with Crippen LogP contribution in [0.3, 0.4) is 0 Å². The van der Waals surface area contributed by atoms with Crippen LogP contribution in [0.5, 0.6) is 0 Å². The number of likely N-dealkylation sites (tertiary alicyclic amines) is 4. The quantitative estimate of drug-likeness (QED) is 0.0185. The van der Waals surface area contributed by atoms with Gasteiger partial charge in [0.1, 0.15) is 24.7 Å². The van der Waals surface area contributed by atoms with Crippen molar-refractivity contribution in [2.24, 2.45) is 17.8 Å². The largest absolute Gasteiger partial charge is 0.444 e. The minimum atomic E-state index is -0.744. The van der Waals surface area contributed by atoms with E-state index in [1.807, 2.05) is 134 Å². The van der Waals surface area contributed by atoms with E-state index in [1.165, 1.54) is 34.8 Å². The third-order valence-electron chi connectivity index (χ3n) is 25.6. The van der Waals surface area contributed by atoms with Gasteiger partial charge in [-0.15, -0.1) is 0 Å². The Labute approximate surface area is 826 Å². The van der Waals surface area contributed by atoms with E-state index in [0.29, 0.717) is 127 Å². The summed E-state index contributed by atoms with van der Waals surface area (Å²) in [6, 6.07) is 42.8. The molecule has 1 aliphatic carbocycles. The van der Waals surface area contributed by atoms with Gasteiger partial charge in [0.2, 0.25) is 47.3 Å². The van der Waals surface area contributed by atoms with Crippen LogP contribution in [0.15, 0.2) is 210 Å². The smallest absolute Gasteiger partial charge is 0.410 e. The number of hydrogen-bond acceptors (Lipinski definition) is 15. The molecule has 0 bridgehead atoms. The molecule has 32 heteroatoms. The van der Waals surface area contributed by atoms with Crippen molar-refractivity contribution < 1.29 is 67.1 Å². The highest BCUT2D eigenvalue weighted by atomic mass is 79.9. The maximum Gasteiger partial charge on any atom is 0.410 e. The van der Waals surface area contributed by atoms with Crippen LogP contribution >= 0.6 is 47.8 Å². The summed E-state index contributed by atoms with van der Waals surface area (Å²) in [5.74, 6) is -0.557. The van der Waals surface area contributed by atoms with E-state index in [1.54, 1.807) is 55.6 Å². The van der Waals surface area contributed by atoms with Crippen LogP contribution in [-0.2, 0) is 98.2 Å². The number of hydrogen-bond donors (Lipinski definition) is 4. The molecular weight excluding hydrogens is 1950 g/mol. The van der Waals surface area contributed by atoms with Gasteiger partial charge in [-0.05, 0) is 187 Å². The standard InChI is InChI=1S/C29H31BrN4O4.C28H28N4O2.C25H28BrN3O4.C24H29BrN4O4/c1-4-27(36)34-15-20(16-34)12-22(35)17-33-18-24(23-14-21(30)10-11-26(23)33)28(37)31-25(29(38)32(2)3)13-19-8-6-5-7-9-19;1-5-27(34)31-14-20(15-31)30-26(33)16-32-19(4)28(23-13-17(2)9-12-25(23)32)22-7-6-8-24-21(22)11-10-18(3)29-24;1-2-24(32)29-12-16(13-29)10-19(30)14-28-15-21(20-11-18(26)7-8-22(20)28)23(31)4-3-9-27-25(33)17-5-6-17;1-5-22(31)28-11-16(12-28)26-21(30)14-29-19-7-6-15(25)10-18(19)17-8-9-27(13-20(17)29)23(32)33-24(2,3)4/h4-11,14,18,20,25H,1,12-13,15-17H2,2-3H3,(H,31,37);5-13,20H,1,14-16H2,2-4H3,(H,30,33);2,7-8,11,15-17H,1,3-6,9-10,12-14H2,(H,27,33);5-7,10,16H,1,8-9,11-14H2,2-4H3,(H,26,30). The summed E-state index contributed by atoms with van der Waals surface area (Å²) in [4.78, 5) is 176. The maximum absolute atomic E-state index is 13.5. The number of aryl methyl sites for hydroxylation is 2. The van der Waals surface area contributed by atoms with Crippen LogP contribution in [0, 0.1) is 38.5 Å². The molecule has 138 heavy (non-hydrogen) atoms. The minimum absolute atomic E-state index is 0.00235. The summed E-state index contributed by atoms with van der Waals surface area (Å²) in [5.41, 5.74) is 13.5. The van der Waals surface area contributed by atoms with Crippen molar-refractivity contribution in [3.8, 4) is 11.1 Å². The second kappa shape index (κ2) is 44.1. The number of carbonyl (C=O) groups excluding carboxylic acids is 13. The molecule has 5 aromatic heterocycles. The summed E-state index contributed by atoms with van der Waals surface area (Å²) in [7, 11) is 3.32. The first kappa shape index (κ1) is 101. The van der Waals surface area contributed by atoms with Crippen molar-refractivity contribution in [2.45, 2.75) is 149 Å². The number of nitrogens with zero attached hydrogens (tertiary/aromatic N) is 11. The molecule has 6 aromatic carbocycles. The first-order chi connectivity index (χ1) is 65.9. The lowest BCUT2D eigenvalue weighted by molar-refractivity contribution is -0.134. The van der Waals surface area contributed by atoms with Crippen LogP contribution in [0.4, 0.5) is 4.79 Å². The molecule has 29 nitrogen and oxygen atoms in total. The number of halogens is 3. The zero-order valence-electron chi connectivity index (χ0n) is 79.0. The van der Waals surface area contributed by atoms with Crippen LogP contribution in [0.25, 0.3) is 65.6 Å². The van der Waals surface area contributed by atoms with Crippen molar-refractivity contribution in [3.05, 3.63) is 255 Å². The third kappa shape index (κ3) is 24.3. The van der Waals surface area contributed by atoms with Crippen molar-refractivity contribution in [1.29, 1.82) is 0 Å². The number of fused-ring (bicyclic) bond motifs is 7. The van der Waals surface area contributed by atoms with Gasteiger partial charge in [-0.3, -0.25) is 62.5 Å². The van der Waals surface area contributed by atoms with Crippen LogP contribution in [-0.4, -0.2) is 233 Å². The lowest BCUT2D eigenvalue weighted by Gasteiger charge is -2.39. The second-order valence-corrected chi connectivity index (χ2v) is 40.2. The van der Waals surface area contributed by atoms with E-state index < -0.39 is 11.6 Å². The number of benzene rings is 6. The molecule has 6 aliphatic rings. The number of carbonyl (C=O) groups is 13. The zero-order chi connectivity index (χ0) is 98.8. The molecule has 1 atom stereocenters. The SMILES string of the molecule is C=CC(=O)N1CC(CC(=O)Cn2cc(C(=O)CCCNC(=O)C3CC3)c3cc(Br)ccc32)C1.C=CC(=O)N1CC(CC(=O)Cn2cc(C(=O)NC(Cc3ccccc3)C(=O)N(C)C)c3cc(Br)ccc32)C1.C=CC(=O)N1CC(NC(=O)Cn2c(C)c(-c3cccc4nc(C)ccc34)c3cc(C)ccc32)C1.C=CC(=O)N1CC(NC(=O)Cn2c3c(c4cc(Br)ccc42)CCN(C(=O)OC(C)(C)C)C3)C1. The Bertz CT molecular complexity index is 6650. The lowest BCUT2D eigenvalue weighted by atomic mass is 9.94. The van der Waals surface area contributed by atoms with Crippen LogP contribution < -0.4 is 21.3 Å². The third-order valence-corrected chi connectivity index (χ3v) is 27.0. The molecule has 1 saturated carbocycles. The van der Waals surface area contributed by atoms with E-state index >= 15 is 0 Å². The van der Waals surface area contributed by atoms with Crippen molar-refractivity contribution >= 4 is 179 Å². The molecule has 5 aliphatic heterocycles. The fourth-order valence-electron chi connectivity index (χ4n) is 18.3. The number of aromatic nitrogens is 5. The minimum Gasteiger partial charge on any atom is -0.444 e. The molecule has 17 rings (SSSR count). The highest BCUT2D eigenvalue weighted by Gasteiger charge is 2.38. The number of amides is 10. The van der Waals surface area contributed by atoms with Gasteiger partial charge in [0.25, 0.3) is 5.91 Å². The van der Waals surface area contributed by atoms with E-state index in [0.717, 1.165) is 115 Å². The molecule has 4 N–H and O–H groups in total. The second-order valence-electron chi connectivity index (χ2n) is 37.5. The normalized spacial score (nSPS) is 14.9. The summed E-state index contributed by atoms with van der Waals surface area (Å²) in [6.45, 7) is 32.1. The highest BCUT2D eigenvalue weighted by Crippen LogP contribution is 2.41. The number of likely N-dealkylation sites (N-methyl/N-ethyl adjacent to an activating group) is 1. The van der Waals surface area contributed by atoms with Gasteiger partial charge in [0, 0.05) is 226 Å². The van der Waals surface area contributed by atoms with Gasteiger partial charge in [0.15, 0.2) is 17.3 Å². The Morgan fingerprint density at radius 3 is 1.59 bits per heavy atom. The zero-order valence-corrected chi connectivity index (χ0v) is 83.7. The Morgan fingerprint density at radius 2 is 1.05 bits per heavy atom. The lowest BCUT2D eigenvalue weighted by Crippen LogP contribution is -2.61. The Morgan fingerprint density at radius 1 is 0.543 bits per heavy atom. The highest BCUT2D eigenvalue weighted by molar-refractivity contribution is 9.11. The number of ether oxygens (including phenoxy) is 1. The van der Waals surface area contributed by atoms with Gasteiger partial charge in [0.05, 0.1) is 42.8 Å². The molecule has 0 radical (unpaired) electrons. The molecule has 5 fully saturated rings. The number of nitrogens with one attached hydrogen (secondary N) is 4. The summed E-state index contributed by atoms with van der Waals surface area (Å²) in [6.07, 6.45) is 12.9. The van der Waals surface area contributed by atoms with Gasteiger partial charge in [-0.2, -0.15) is 0 Å². The van der Waals surface area contributed by atoms with E-state index in [2.05, 4.69) is 150 Å². The molecule has 10 heterocycles. The number of ketones is 3. The fraction of sp³-hybridized carbons (Fsp3) is 0.358. The van der Waals surface area contributed by atoms with Crippen LogP contribution in [0.1, 0.15) is 114 Å². The summed E-state index contributed by atoms with van der Waals surface area (Å²) >= 11 is 10.5. The van der Waals surface area contributed by atoms with Crippen LogP contribution in [0.2, 0.25) is 0 Å². The van der Waals surface area contributed by atoms with Crippen molar-refractivity contribution in [2.75, 3.05) is 79.5 Å². The van der Waals surface area contributed by atoms with Gasteiger partial charge in [-0.25, -0.2) is 4.79 Å². The molecule has 720 valence electrons. The topological polar surface area (TPSA) is 331 Å². The maximum atomic E-state index is 13.5. The van der Waals surface area contributed by atoms with E-state index in [9.17, 15) is 62.3 Å². The Kier molecular flexibility index (Phi) is 32.2. The van der Waals surface area contributed by atoms with Crippen molar-refractivity contribution in [1.82, 2.24) is 73.9 Å². The number of rotatable bonds is 30. The number of Topliss-reactive ketones (excluding diaryl/α,β-unsaturated/α-hetero) is 3. The van der Waals surface area contributed by atoms with Gasteiger partial charge >= 0.3 is 6.09 Å². The Hall–Kier alpha value is -13.2. The van der Waals surface area contributed by atoms with Gasteiger partial charge in [-0.1, -0.05) is 134 Å². The molecule has 0 spiro atoms. The molecular formula is C106H116Br3N15O14. The first-order valence-electron chi connectivity index (χ1n) is 46.4. The molecule has 4 saturated heterocycles. The summed E-state index contributed by atoms with van der Waals surface area (Å²) in [5, 5.41) is 16.7. The van der Waals surface area contributed by atoms with E-state index in [-0.39, 0.29) is 133 Å². The predicted octanol–water partition coefficient (Wildman–Crippen LogP) is 14.4. The van der Waals surface area contributed by atoms with Gasteiger partial charge < -0.3 is 73.7 Å². The average Bonchev–Trinajstić information content (AvgIpc) is 1.59.